The molecule has 1 aliphatic rings. The largest absolute Gasteiger partial charge is 0.481 e. The van der Waals surface area contributed by atoms with Crippen molar-refractivity contribution in [1.82, 2.24) is 0 Å². The Morgan fingerprint density at radius 1 is 0.968 bits per heavy atom. The van der Waals surface area contributed by atoms with E-state index in [2.05, 4.69) is 17.4 Å². The van der Waals surface area contributed by atoms with E-state index in [-0.39, 0.29) is 18.9 Å². The second kappa shape index (κ2) is 9.00. The highest BCUT2D eigenvalue weighted by Crippen LogP contribution is 2.44. The van der Waals surface area contributed by atoms with Crippen LogP contribution in [-0.4, -0.2) is 23.8 Å². The number of aryl methyl sites for hydroxylation is 1. The fraction of sp³-hybridized carbons (Fsp3) is 0.200. The first-order valence-corrected chi connectivity index (χ1v) is 10.1. The molecule has 0 bridgehead atoms. The molecule has 0 atom stereocenters. The number of aliphatic carboxylic acids is 1. The summed E-state index contributed by atoms with van der Waals surface area (Å²) in [4.78, 5) is 23.2. The fourth-order valence-electron chi connectivity index (χ4n) is 4.06. The van der Waals surface area contributed by atoms with Crippen LogP contribution in [0.15, 0.2) is 66.7 Å². The van der Waals surface area contributed by atoms with Crippen LogP contribution >= 0.6 is 0 Å². The summed E-state index contributed by atoms with van der Waals surface area (Å²) in [6.45, 7) is 0.156. The van der Waals surface area contributed by atoms with Crippen LogP contribution in [0.25, 0.3) is 11.1 Å². The predicted octanol–water partition coefficient (Wildman–Crippen LogP) is 5.59. The summed E-state index contributed by atoms with van der Waals surface area (Å²) >= 11 is 0. The number of fused-ring (bicyclic) bond motifs is 3. The van der Waals surface area contributed by atoms with Gasteiger partial charge in [-0.1, -0.05) is 54.6 Å². The topological polar surface area (TPSA) is 75.6 Å². The van der Waals surface area contributed by atoms with E-state index in [1.54, 1.807) is 6.07 Å². The van der Waals surface area contributed by atoms with Crippen LogP contribution in [-0.2, 0) is 16.0 Å². The molecular weight excluding hydrogens is 397 g/mol. The van der Waals surface area contributed by atoms with Crippen LogP contribution in [0.5, 0.6) is 0 Å². The third kappa shape index (κ3) is 4.58. The molecule has 0 spiro atoms. The van der Waals surface area contributed by atoms with Gasteiger partial charge in [0.2, 0.25) is 0 Å². The molecule has 0 heterocycles. The molecule has 0 saturated carbocycles. The van der Waals surface area contributed by atoms with Gasteiger partial charge in [-0.05, 0) is 52.8 Å². The Balaban J connectivity index is 1.45. The van der Waals surface area contributed by atoms with Crippen LogP contribution in [0, 0.1) is 5.82 Å². The summed E-state index contributed by atoms with van der Waals surface area (Å²) in [7, 11) is 0. The summed E-state index contributed by atoms with van der Waals surface area (Å²) in [6, 6.07) is 20.2. The molecule has 5 nitrogen and oxygen atoms in total. The Morgan fingerprint density at radius 3 is 2.26 bits per heavy atom. The number of rotatable bonds is 7. The average Bonchev–Trinajstić information content (AvgIpc) is 3.07. The van der Waals surface area contributed by atoms with Gasteiger partial charge in [-0.25, -0.2) is 9.18 Å². The first-order valence-electron chi connectivity index (χ1n) is 10.1. The van der Waals surface area contributed by atoms with Crippen LogP contribution in [0.2, 0.25) is 0 Å². The van der Waals surface area contributed by atoms with Gasteiger partial charge in [0.05, 0.1) is 5.69 Å². The van der Waals surface area contributed by atoms with E-state index in [1.165, 1.54) is 12.1 Å². The zero-order valence-electron chi connectivity index (χ0n) is 16.8. The van der Waals surface area contributed by atoms with Crippen LogP contribution in [0.4, 0.5) is 14.9 Å². The molecule has 4 rings (SSSR count). The average molecular weight is 419 g/mol. The number of hydrogen-bond acceptors (Lipinski definition) is 3. The molecule has 0 unspecified atom stereocenters. The van der Waals surface area contributed by atoms with Crippen molar-refractivity contribution in [2.75, 3.05) is 11.9 Å². The Bertz CT molecular complexity index is 1080. The maximum Gasteiger partial charge on any atom is 0.411 e. The second-order valence-corrected chi connectivity index (χ2v) is 7.50. The zero-order valence-corrected chi connectivity index (χ0v) is 16.8. The first-order chi connectivity index (χ1) is 15.0. The van der Waals surface area contributed by atoms with E-state index in [1.807, 2.05) is 36.4 Å². The third-order valence-electron chi connectivity index (χ3n) is 5.49. The van der Waals surface area contributed by atoms with E-state index in [4.69, 9.17) is 9.84 Å². The minimum Gasteiger partial charge on any atom is -0.481 e. The van der Waals surface area contributed by atoms with E-state index in [0.29, 0.717) is 24.1 Å². The molecule has 0 radical (unpaired) electrons. The SMILES string of the molecule is O=C(O)CCCc1ccc(F)cc1NC(=O)OCC1c2ccccc2-c2ccccc21. The molecule has 158 valence electrons. The number of carbonyl (C=O) groups excluding carboxylic acids is 1. The van der Waals surface area contributed by atoms with Crippen LogP contribution in [0.3, 0.4) is 0 Å². The van der Waals surface area contributed by atoms with E-state index < -0.39 is 17.9 Å². The zero-order chi connectivity index (χ0) is 21.8. The highest BCUT2D eigenvalue weighted by Gasteiger charge is 2.29. The number of carboxylic acids is 1. The van der Waals surface area contributed by atoms with Crippen molar-refractivity contribution in [3.8, 4) is 11.1 Å². The van der Waals surface area contributed by atoms with Gasteiger partial charge in [0, 0.05) is 12.3 Å². The summed E-state index contributed by atoms with van der Waals surface area (Å²) < 4.78 is 19.2. The molecule has 3 aromatic rings. The van der Waals surface area contributed by atoms with E-state index >= 15 is 0 Å². The van der Waals surface area contributed by atoms with Crippen molar-refractivity contribution in [2.24, 2.45) is 0 Å². The third-order valence-corrected chi connectivity index (χ3v) is 5.49. The molecule has 0 saturated heterocycles. The lowest BCUT2D eigenvalue weighted by atomic mass is 9.98. The lowest BCUT2D eigenvalue weighted by Gasteiger charge is -2.16. The van der Waals surface area contributed by atoms with Gasteiger partial charge in [-0.2, -0.15) is 0 Å². The number of amides is 1. The van der Waals surface area contributed by atoms with Crippen molar-refractivity contribution in [2.45, 2.75) is 25.2 Å². The number of carboxylic acid groups (broad SMARTS) is 1. The number of ether oxygens (including phenoxy) is 1. The molecule has 1 amide bonds. The molecule has 31 heavy (non-hydrogen) atoms. The van der Waals surface area contributed by atoms with Gasteiger partial charge in [-0.15, -0.1) is 0 Å². The van der Waals surface area contributed by atoms with Crippen molar-refractivity contribution < 1.29 is 23.8 Å². The van der Waals surface area contributed by atoms with Gasteiger partial charge >= 0.3 is 12.1 Å². The fourth-order valence-corrected chi connectivity index (χ4v) is 4.06. The minimum atomic E-state index is -0.895. The van der Waals surface area contributed by atoms with Gasteiger partial charge in [0.25, 0.3) is 0 Å². The second-order valence-electron chi connectivity index (χ2n) is 7.50. The lowest BCUT2D eigenvalue weighted by molar-refractivity contribution is -0.137. The number of nitrogens with one attached hydrogen (secondary N) is 1. The smallest absolute Gasteiger partial charge is 0.411 e. The van der Waals surface area contributed by atoms with E-state index in [0.717, 1.165) is 22.3 Å². The van der Waals surface area contributed by atoms with Gasteiger partial charge in [0.1, 0.15) is 12.4 Å². The summed E-state index contributed by atoms with van der Waals surface area (Å²) in [5.41, 5.74) is 5.45. The molecule has 3 aromatic carbocycles. The Labute approximate surface area is 179 Å². The van der Waals surface area contributed by atoms with Crippen molar-refractivity contribution in [3.63, 3.8) is 0 Å². The van der Waals surface area contributed by atoms with Crippen molar-refractivity contribution >= 4 is 17.7 Å². The minimum absolute atomic E-state index is 0.00175. The molecule has 1 aliphatic carbocycles. The molecule has 6 heteroatoms. The van der Waals surface area contributed by atoms with Gasteiger partial charge in [0.15, 0.2) is 0 Å². The van der Waals surface area contributed by atoms with E-state index in [9.17, 15) is 14.0 Å². The molecular formula is C25H22FNO4. The summed E-state index contributed by atoms with van der Waals surface area (Å²) in [6.07, 6.45) is 0.125. The number of anilines is 1. The molecule has 0 fully saturated rings. The first kappa shape index (κ1) is 20.6. The number of halogens is 1. The highest BCUT2D eigenvalue weighted by atomic mass is 19.1. The monoisotopic (exact) mass is 419 g/mol. The predicted molar refractivity (Wildman–Crippen MR) is 116 cm³/mol. The number of benzene rings is 3. The van der Waals surface area contributed by atoms with Gasteiger partial charge < -0.3 is 9.84 Å². The lowest BCUT2D eigenvalue weighted by Crippen LogP contribution is -2.18. The molecule has 2 N–H and O–H groups in total. The van der Waals surface area contributed by atoms with Crippen molar-refractivity contribution in [1.29, 1.82) is 0 Å². The maximum atomic E-state index is 13.7. The normalized spacial score (nSPS) is 12.2. The maximum absolute atomic E-state index is 13.7. The Morgan fingerprint density at radius 2 is 1.61 bits per heavy atom. The van der Waals surface area contributed by atoms with Gasteiger partial charge in [-0.3, -0.25) is 10.1 Å². The molecule has 0 aliphatic heterocycles. The molecule has 0 aromatic heterocycles. The summed E-state index contributed by atoms with van der Waals surface area (Å²) in [5.74, 6) is -1.45. The Kier molecular flexibility index (Phi) is 5.98. The number of carbonyl (C=O) groups is 2. The quantitative estimate of drug-likeness (QED) is 0.523. The van der Waals surface area contributed by atoms with Crippen molar-refractivity contribution in [3.05, 3.63) is 89.2 Å². The standard InChI is InChI=1S/C25H22FNO4/c26-17-13-12-16(6-5-11-24(28)29)23(14-17)27-25(30)31-15-22-20-9-3-1-7-18(20)19-8-2-4-10-21(19)22/h1-4,7-10,12-14,22H,5-6,11,15H2,(H,27,30)(H,28,29). The van der Waals surface area contributed by atoms with Crippen LogP contribution in [0.1, 0.15) is 35.4 Å². The highest BCUT2D eigenvalue weighted by molar-refractivity contribution is 5.86. The number of hydrogen-bond donors (Lipinski definition) is 2. The van der Waals surface area contributed by atoms with Crippen LogP contribution < -0.4 is 5.32 Å². The Hall–Kier alpha value is -3.67. The summed E-state index contributed by atoms with van der Waals surface area (Å²) in [5, 5.41) is 11.4.